The maximum atomic E-state index is 11.7. The smallest absolute Gasteiger partial charge is 0.338 e. The van der Waals surface area contributed by atoms with E-state index < -0.39 is 0 Å². The van der Waals surface area contributed by atoms with Crippen molar-refractivity contribution in [2.24, 2.45) is 0 Å². The van der Waals surface area contributed by atoms with E-state index in [9.17, 15) is 4.79 Å². The molecule has 0 fully saturated rings. The highest BCUT2D eigenvalue weighted by Gasteiger charge is 2.07. The summed E-state index contributed by atoms with van der Waals surface area (Å²) in [7, 11) is 0. The van der Waals surface area contributed by atoms with E-state index in [2.05, 4.69) is 51.8 Å². The average Bonchev–Trinajstić information content (AvgIpc) is 2.68. The summed E-state index contributed by atoms with van der Waals surface area (Å²) in [6.07, 6.45) is 0. The van der Waals surface area contributed by atoms with Crippen molar-refractivity contribution < 1.29 is 9.53 Å². The normalized spacial score (nSPS) is 10.4. The van der Waals surface area contributed by atoms with Gasteiger partial charge in [-0.15, -0.1) is 0 Å². The van der Waals surface area contributed by atoms with Crippen molar-refractivity contribution in [3.05, 3.63) is 77.1 Å². The molecule has 0 atom stereocenters. The zero-order valence-electron chi connectivity index (χ0n) is 16.3. The van der Waals surface area contributed by atoms with Crippen LogP contribution in [0.3, 0.4) is 0 Å². The number of aryl methyl sites for hydroxylation is 2. The molecule has 6 nitrogen and oxygen atoms in total. The van der Waals surface area contributed by atoms with Crippen LogP contribution in [0.1, 0.15) is 34.2 Å². The number of hydrogen-bond acceptors (Lipinski definition) is 6. The summed E-state index contributed by atoms with van der Waals surface area (Å²) >= 11 is 0. The number of nitrogens with one attached hydrogen (secondary N) is 2. The minimum atomic E-state index is -0.325. The second kappa shape index (κ2) is 8.99. The van der Waals surface area contributed by atoms with E-state index in [0.29, 0.717) is 30.4 Å². The molecule has 2 N–H and O–H groups in total. The molecule has 0 amide bonds. The van der Waals surface area contributed by atoms with Crippen LogP contribution < -0.4 is 10.6 Å². The summed E-state index contributed by atoms with van der Waals surface area (Å²) < 4.78 is 5.00. The molecule has 0 saturated heterocycles. The van der Waals surface area contributed by atoms with Gasteiger partial charge in [-0.25, -0.2) is 14.8 Å². The highest BCUT2D eigenvalue weighted by molar-refractivity contribution is 5.89. The van der Waals surface area contributed by atoms with Crippen LogP contribution in [0, 0.1) is 13.8 Å². The van der Waals surface area contributed by atoms with Crippen molar-refractivity contribution >= 4 is 23.3 Å². The molecule has 3 rings (SSSR count). The van der Waals surface area contributed by atoms with Crippen molar-refractivity contribution in [1.29, 1.82) is 0 Å². The molecular formula is C22H24N4O2. The Balaban J connectivity index is 1.67. The number of benzene rings is 2. The van der Waals surface area contributed by atoms with Crippen LogP contribution in [-0.2, 0) is 11.3 Å². The average molecular weight is 376 g/mol. The van der Waals surface area contributed by atoms with Gasteiger partial charge in [-0.05, 0) is 50.6 Å². The molecule has 28 heavy (non-hydrogen) atoms. The number of ether oxygens (including phenoxy) is 1. The minimum absolute atomic E-state index is 0.325. The Kier molecular flexibility index (Phi) is 6.22. The maximum absolute atomic E-state index is 11.7. The second-order valence-corrected chi connectivity index (χ2v) is 6.45. The number of nitrogens with zero attached hydrogens (tertiary/aromatic N) is 2. The summed E-state index contributed by atoms with van der Waals surface area (Å²) in [5.41, 5.74) is 3.77. The minimum Gasteiger partial charge on any atom is -0.462 e. The molecule has 0 aliphatic heterocycles. The number of esters is 1. The van der Waals surface area contributed by atoms with Crippen molar-refractivity contribution in [3.63, 3.8) is 0 Å². The summed E-state index contributed by atoms with van der Waals surface area (Å²) in [5, 5.41) is 6.58. The van der Waals surface area contributed by atoms with Gasteiger partial charge in [-0.1, -0.05) is 29.8 Å². The standard InChI is InChI=1S/C22H24N4O2/c1-4-28-22(27)18-9-11-19(12-10-18)26-21-13-20(24-16(3)25-21)23-14-17-7-5-15(2)6-8-17/h5-13H,4,14H2,1-3H3,(H2,23,24,25,26). The van der Waals surface area contributed by atoms with Gasteiger partial charge in [0.1, 0.15) is 17.5 Å². The van der Waals surface area contributed by atoms with Crippen LogP contribution >= 0.6 is 0 Å². The van der Waals surface area contributed by atoms with Crippen LogP contribution in [0.15, 0.2) is 54.6 Å². The lowest BCUT2D eigenvalue weighted by molar-refractivity contribution is 0.0526. The van der Waals surface area contributed by atoms with Gasteiger partial charge >= 0.3 is 5.97 Å². The third kappa shape index (κ3) is 5.30. The Labute approximate surface area is 165 Å². The molecule has 0 saturated carbocycles. The second-order valence-electron chi connectivity index (χ2n) is 6.45. The number of rotatable bonds is 7. The first-order chi connectivity index (χ1) is 13.5. The van der Waals surface area contributed by atoms with Gasteiger partial charge in [-0.3, -0.25) is 0 Å². The molecule has 0 bridgehead atoms. The topological polar surface area (TPSA) is 76.1 Å². The molecule has 0 radical (unpaired) electrons. The van der Waals surface area contributed by atoms with Crippen LogP contribution in [0.4, 0.5) is 17.3 Å². The Morgan fingerprint density at radius 2 is 1.64 bits per heavy atom. The van der Waals surface area contributed by atoms with Crippen LogP contribution in [-0.4, -0.2) is 22.5 Å². The predicted octanol–water partition coefficient (Wildman–Crippen LogP) is 4.63. The molecule has 0 aliphatic rings. The summed E-state index contributed by atoms with van der Waals surface area (Å²) in [5.74, 6) is 1.77. The van der Waals surface area contributed by atoms with E-state index in [1.54, 1.807) is 19.1 Å². The van der Waals surface area contributed by atoms with Gasteiger partial charge in [-0.2, -0.15) is 0 Å². The molecule has 0 spiro atoms. The highest BCUT2D eigenvalue weighted by atomic mass is 16.5. The Bertz CT molecular complexity index is 938. The fourth-order valence-electron chi connectivity index (χ4n) is 2.67. The van der Waals surface area contributed by atoms with E-state index in [1.165, 1.54) is 11.1 Å². The Morgan fingerprint density at radius 3 is 2.32 bits per heavy atom. The van der Waals surface area contributed by atoms with E-state index in [-0.39, 0.29) is 5.97 Å². The Hall–Kier alpha value is -3.41. The van der Waals surface area contributed by atoms with Gasteiger partial charge in [0.25, 0.3) is 0 Å². The van der Waals surface area contributed by atoms with Crippen molar-refractivity contribution in [1.82, 2.24) is 9.97 Å². The van der Waals surface area contributed by atoms with Gasteiger partial charge in [0.05, 0.1) is 12.2 Å². The van der Waals surface area contributed by atoms with Crippen LogP contribution in [0.25, 0.3) is 0 Å². The number of carbonyl (C=O) groups is 1. The number of aromatic nitrogens is 2. The van der Waals surface area contributed by atoms with E-state index in [1.807, 2.05) is 25.1 Å². The molecule has 0 unspecified atom stereocenters. The highest BCUT2D eigenvalue weighted by Crippen LogP contribution is 2.19. The van der Waals surface area contributed by atoms with Crippen molar-refractivity contribution in [3.8, 4) is 0 Å². The zero-order valence-corrected chi connectivity index (χ0v) is 16.3. The molecule has 1 aromatic heterocycles. The number of hydrogen-bond donors (Lipinski definition) is 2. The number of carbonyl (C=O) groups excluding carboxylic acids is 1. The summed E-state index contributed by atoms with van der Waals surface area (Å²) in [6.45, 7) is 6.76. The van der Waals surface area contributed by atoms with Gasteiger partial charge in [0, 0.05) is 18.3 Å². The van der Waals surface area contributed by atoms with E-state index in [4.69, 9.17) is 4.74 Å². The maximum Gasteiger partial charge on any atom is 0.338 e. The fourth-order valence-corrected chi connectivity index (χ4v) is 2.67. The van der Waals surface area contributed by atoms with Crippen molar-refractivity contribution in [2.75, 3.05) is 17.2 Å². The quantitative estimate of drug-likeness (QED) is 0.586. The van der Waals surface area contributed by atoms with Gasteiger partial charge in [0.15, 0.2) is 0 Å². The first kappa shape index (κ1) is 19.4. The van der Waals surface area contributed by atoms with Crippen LogP contribution in [0.2, 0.25) is 0 Å². The molecule has 1 heterocycles. The van der Waals surface area contributed by atoms with Gasteiger partial charge < -0.3 is 15.4 Å². The molecule has 3 aromatic rings. The SMILES string of the molecule is CCOC(=O)c1ccc(Nc2cc(NCc3ccc(C)cc3)nc(C)n2)cc1. The summed E-state index contributed by atoms with van der Waals surface area (Å²) in [6, 6.07) is 17.3. The third-order valence-corrected chi connectivity index (χ3v) is 4.10. The summed E-state index contributed by atoms with van der Waals surface area (Å²) in [4.78, 5) is 20.6. The fraction of sp³-hybridized carbons (Fsp3) is 0.227. The van der Waals surface area contributed by atoms with Crippen LogP contribution in [0.5, 0.6) is 0 Å². The first-order valence-electron chi connectivity index (χ1n) is 9.23. The lowest BCUT2D eigenvalue weighted by Crippen LogP contribution is -2.06. The molecule has 2 aromatic carbocycles. The predicted molar refractivity (Wildman–Crippen MR) is 111 cm³/mol. The lowest BCUT2D eigenvalue weighted by Gasteiger charge is -2.11. The third-order valence-electron chi connectivity index (χ3n) is 4.10. The molecule has 6 heteroatoms. The Morgan fingerprint density at radius 1 is 0.964 bits per heavy atom. The van der Waals surface area contributed by atoms with Crippen molar-refractivity contribution in [2.45, 2.75) is 27.3 Å². The first-order valence-corrected chi connectivity index (χ1v) is 9.23. The molecular weight excluding hydrogens is 352 g/mol. The molecule has 0 aliphatic carbocycles. The van der Waals surface area contributed by atoms with E-state index in [0.717, 1.165) is 11.5 Å². The zero-order chi connectivity index (χ0) is 19.9. The monoisotopic (exact) mass is 376 g/mol. The lowest BCUT2D eigenvalue weighted by atomic mass is 10.1. The number of anilines is 3. The largest absolute Gasteiger partial charge is 0.462 e. The van der Waals surface area contributed by atoms with Gasteiger partial charge in [0.2, 0.25) is 0 Å². The molecule has 144 valence electrons. The van der Waals surface area contributed by atoms with E-state index >= 15 is 0 Å².